The Morgan fingerprint density at radius 1 is 1.24 bits per heavy atom. The van der Waals surface area contributed by atoms with Gasteiger partial charge in [-0.1, -0.05) is 0 Å². The minimum absolute atomic E-state index is 0.0307. The molecule has 0 aliphatic carbocycles. The first-order valence-electron chi connectivity index (χ1n) is 10.4. The number of piperidine rings is 1. The molecule has 168 valence electrons. The van der Waals surface area contributed by atoms with Crippen molar-refractivity contribution in [2.45, 2.75) is 51.2 Å². The van der Waals surface area contributed by atoms with Crippen LogP contribution in [-0.4, -0.2) is 89.7 Å². The maximum atomic E-state index is 12.2. The molecule has 1 atom stereocenters. The zero-order chi connectivity index (χ0) is 21.1. The smallest absolute Gasteiger partial charge is 0.409 e. The van der Waals surface area contributed by atoms with Gasteiger partial charge in [-0.15, -0.1) is 0 Å². The lowest BCUT2D eigenvalue weighted by Crippen LogP contribution is -2.50. The first-order chi connectivity index (χ1) is 13.9. The number of nitrogens with zero attached hydrogens (tertiary/aromatic N) is 2. The average Bonchev–Trinajstić information content (AvgIpc) is 2.73. The van der Waals surface area contributed by atoms with Crippen LogP contribution in [0.1, 0.15) is 39.0 Å². The Hall–Kier alpha value is -1.59. The van der Waals surface area contributed by atoms with Crippen molar-refractivity contribution in [3.8, 4) is 0 Å². The van der Waals surface area contributed by atoms with Crippen LogP contribution in [0.4, 0.5) is 4.79 Å². The van der Waals surface area contributed by atoms with Crippen LogP contribution >= 0.6 is 0 Å². The molecule has 0 aromatic rings. The van der Waals surface area contributed by atoms with E-state index < -0.39 is 10.0 Å². The van der Waals surface area contributed by atoms with E-state index in [0.717, 1.165) is 32.1 Å². The lowest BCUT2D eigenvalue weighted by Gasteiger charge is -2.32. The molecule has 2 fully saturated rings. The van der Waals surface area contributed by atoms with Crippen molar-refractivity contribution < 1.29 is 22.7 Å². The van der Waals surface area contributed by atoms with Gasteiger partial charge >= 0.3 is 6.09 Å². The van der Waals surface area contributed by atoms with E-state index in [1.165, 1.54) is 7.11 Å². The van der Waals surface area contributed by atoms with E-state index in [1.54, 1.807) is 4.90 Å². The highest BCUT2D eigenvalue weighted by atomic mass is 32.2. The largest absolute Gasteiger partial charge is 0.453 e. The van der Waals surface area contributed by atoms with Gasteiger partial charge in [-0.2, -0.15) is 0 Å². The van der Waals surface area contributed by atoms with Crippen molar-refractivity contribution in [2.75, 3.05) is 52.2 Å². The van der Waals surface area contributed by atoms with E-state index >= 15 is 0 Å². The lowest BCUT2D eigenvalue weighted by molar-refractivity contribution is 0.0200. The van der Waals surface area contributed by atoms with Gasteiger partial charge in [0, 0.05) is 38.8 Å². The molecule has 2 saturated heterocycles. The number of methoxy groups -OCH3 is 1. The Bertz CT molecular complexity index is 629. The fourth-order valence-electron chi connectivity index (χ4n) is 3.39. The predicted molar refractivity (Wildman–Crippen MR) is 111 cm³/mol. The van der Waals surface area contributed by atoms with E-state index in [-0.39, 0.29) is 30.5 Å². The molecular weight excluding hydrogens is 398 g/mol. The van der Waals surface area contributed by atoms with E-state index in [0.29, 0.717) is 38.7 Å². The van der Waals surface area contributed by atoms with Gasteiger partial charge in [0.15, 0.2) is 5.96 Å². The van der Waals surface area contributed by atoms with Crippen LogP contribution in [0.2, 0.25) is 0 Å². The van der Waals surface area contributed by atoms with Gasteiger partial charge in [0.05, 0.1) is 25.5 Å². The molecule has 3 N–H and O–H groups in total. The second-order valence-corrected chi connectivity index (χ2v) is 9.22. The lowest BCUT2D eigenvalue weighted by atomic mass is 10.1. The van der Waals surface area contributed by atoms with Crippen LogP contribution in [0.3, 0.4) is 0 Å². The van der Waals surface area contributed by atoms with Crippen molar-refractivity contribution >= 4 is 22.1 Å². The van der Waals surface area contributed by atoms with Crippen LogP contribution < -0.4 is 15.4 Å². The molecule has 1 unspecified atom stereocenters. The summed E-state index contributed by atoms with van der Waals surface area (Å²) >= 11 is 0. The van der Waals surface area contributed by atoms with Gasteiger partial charge in [-0.3, -0.25) is 4.99 Å². The molecule has 0 spiro atoms. The SMILES string of the molecule is CCNC(=NCCS(=O)(=O)NCC1CCCCO1)NC1CCN(C(=O)OC)CC1. The number of ether oxygens (including phenoxy) is 2. The molecule has 0 aromatic heterocycles. The highest BCUT2D eigenvalue weighted by molar-refractivity contribution is 7.89. The van der Waals surface area contributed by atoms with Crippen molar-refractivity contribution in [2.24, 2.45) is 4.99 Å². The number of hydrogen-bond donors (Lipinski definition) is 3. The number of hydrogen-bond acceptors (Lipinski definition) is 6. The number of carbonyl (C=O) groups excluding carboxylic acids is 1. The van der Waals surface area contributed by atoms with Gasteiger partial charge in [0.2, 0.25) is 10.0 Å². The zero-order valence-electron chi connectivity index (χ0n) is 17.5. The van der Waals surface area contributed by atoms with Gasteiger partial charge in [-0.25, -0.2) is 17.9 Å². The van der Waals surface area contributed by atoms with Crippen molar-refractivity contribution in [1.82, 2.24) is 20.3 Å². The molecule has 11 heteroatoms. The Kier molecular flexibility index (Phi) is 9.95. The summed E-state index contributed by atoms with van der Waals surface area (Å²) in [5, 5.41) is 6.47. The van der Waals surface area contributed by atoms with E-state index in [9.17, 15) is 13.2 Å². The maximum absolute atomic E-state index is 12.2. The highest BCUT2D eigenvalue weighted by Gasteiger charge is 2.24. The van der Waals surface area contributed by atoms with Gasteiger partial charge in [0.25, 0.3) is 0 Å². The molecular formula is C18H35N5O5S. The van der Waals surface area contributed by atoms with E-state index in [2.05, 4.69) is 20.3 Å². The summed E-state index contributed by atoms with van der Waals surface area (Å²) < 4.78 is 37.3. The quantitative estimate of drug-likeness (QED) is 0.371. The summed E-state index contributed by atoms with van der Waals surface area (Å²) in [6, 6.07) is 0.173. The Labute approximate surface area is 173 Å². The third kappa shape index (κ3) is 8.75. The maximum Gasteiger partial charge on any atom is 0.409 e. The number of rotatable bonds is 8. The molecule has 0 aromatic carbocycles. The molecule has 0 radical (unpaired) electrons. The second-order valence-electron chi connectivity index (χ2n) is 7.29. The van der Waals surface area contributed by atoms with Crippen molar-refractivity contribution in [3.63, 3.8) is 0 Å². The molecule has 0 saturated carbocycles. The molecule has 2 aliphatic heterocycles. The van der Waals surface area contributed by atoms with Crippen LogP contribution in [-0.2, 0) is 19.5 Å². The summed E-state index contributed by atoms with van der Waals surface area (Å²) in [6.07, 6.45) is 4.23. The number of carbonyl (C=O) groups is 1. The topological polar surface area (TPSA) is 121 Å². The van der Waals surface area contributed by atoms with Gasteiger partial charge in [0.1, 0.15) is 0 Å². The summed E-state index contributed by atoms with van der Waals surface area (Å²) in [4.78, 5) is 17.6. The first-order valence-corrected chi connectivity index (χ1v) is 12.1. The summed E-state index contributed by atoms with van der Waals surface area (Å²) in [6.45, 7) is 5.06. The summed E-state index contributed by atoms with van der Waals surface area (Å²) in [5.41, 5.74) is 0. The monoisotopic (exact) mass is 433 g/mol. The summed E-state index contributed by atoms with van der Waals surface area (Å²) in [7, 11) is -2.01. The van der Waals surface area contributed by atoms with Gasteiger partial charge in [-0.05, 0) is 39.0 Å². The molecule has 2 aliphatic rings. The Morgan fingerprint density at radius 2 is 2.00 bits per heavy atom. The third-order valence-electron chi connectivity index (χ3n) is 5.05. The average molecular weight is 434 g/mol. The van der Waals surface area contributed by atoms with Crippen LogP contribution in [0, 0.1) is 0 Å². The molecule has 29 heavy (non-hydrogen) atoms. The van der Waals surface area contributed by atoms with Crippen molar-refractivity contribution in [1.29, 1.82) is 0 Å². The minimum Gasteiger partial charge on any atom is -0.453 e. The van der Waals surface area contributed by atoms with Gasteiger partial charge < -0.3 is 25.0 Å². The van der Waals surface area contributed by atoms with Crippen LogP contribution in [0.25, 0.3) is 0 Å². The molecule has 10 nitrogen and oxygen atoms in total. The van der Waals surface area contributed by atoms with Crippen LogP contribution in [0.5, 0.6) is 0 Å². The summed E-state index contributed by atoms with van der Waals surface area (Å²) in [5.74, 6) is 0.520. The standard InChI is InChI=1S/C18H35N5O5S/c1-3-19-17(22-15-7-10-23(11-8-15)18(24)27-2)20-9-13-29(25,26)21-14-16-6-4-5-12-28-16/h15-16,21H,3-14H2,1-2H3,(H2,19,20,22). The Balaban J connectivity index is 1.75. The first kappa shape index (κ1) is 23.7. The normalized spacial score (nSPS) is 21.7. The van der Waals surface area contributed by atoms with E-state index in [4.69, 9.17) is 9.47 Å². The zero-order valence-corrected chi connectivity index (χ0v) is 18.3. The second kappa shape index (κ2) is 12.2. The fourth-order valence-corrected chi connectivity index (χ4v) is 4.30. The minimum atomic E-state index is -3.40. The molecule has 2 heterocycles. The van der Waals surface area contributed by atoms with Crippen LogP contribution in [0.15, 0.2) is 4.99 Å². The fraction of sp³-hybridized carbons (Fsp3) is 0.889. The number of amides is 1. The number of nitrogens with one attached hydrogen (secondary N) is 3. The highest BCUT2D eigenvalue weighted by Crippen LogP contribution is 2.12. The van der Waals surface area contributed by atoms with E-state index in [1.807, 2.05) is 6.92 Å². The third-order valence-corrected chi connectivity index (χ3v) is 6.37. The van der Waals surface area contributed by atoms with Crippen molar-refractivity contribution in [3.05, 3.63) is 0 Å². The Morgan fingerprint density at radius 3 is 2.62 bits per heavy atom. The molecule has 1 amide bonds. The number of sulfonamides is 1. The predicted octanol–water partition coefficient (Wildman–Crippen LogP) is 0.261. The molecule has 0 bridgehead atoms. The molecule has 2 rings (SSSR count). The number of aliphatic imine (C=N–C) groups is 1. The number of guanidine groups is 1. The number of likely N-dealkylation sites (tertiary alicyclic amines) is 1.